The Morgan fingerprint density at radius 3 is 2.96 bits per heavy atom. The Bertz CT molecular complexity index is 821. The molecule has 0 aliphatic carbocycles. The summed E-state index contributed by atoms with van der Waals surface area (Å²) in [6, 6.07) is 7.73. The predicted molar refractivity (Wildman–Crippen MR) is 84.8 cm³/mol. The average molecular weight is 313 g/mol. The largest absolute Gasteiger partial charge is 0.454 e. The molecule has 0 N–H and O–H groups in total. The first kappa shape index (κ1) is 15.2. The van der Waals surface area contributed by atoms with Crippen LogP contribution in [0.15, 0.2) is 30.5 Å². The molecule has 120 valence electrons. The predicted octanol–water partition coefficient (Wildman–Crippen LogP) is 2.32. The van der Waals surface area contributed by atoms with Gasteiger partial charge in [-0.2, -0.15) is 0 Å². The molecule has 0 aliphatic heterocycles. The second kappa shape index (κ2) is 6.60. The van der Waals surface area contributed by atoms with E-state index in [9.17, 15) is 4.79 Å². The van der Waals surface area contributed by atoms with E-state index in [2.05, 4.69) is 22.4 Å². The zero-order chi connectivity index (χ0) is 16.2. The number of benzene rings is 1. The lowest BCUT2D eigenvalue weighted by atomic mass is 10.2. The van der Waals surface area contributed by atoms with E-state index in [1.54, 1.807) is 10.9 Å². The normalized spacial score (nSPS) is 11.0. The number of ether oxygens (including phenoxy) is 1. The summed E-state index contributed by atoms with van der Waals surface area (Å²) in [6.07, 6.45) is 3.82. The number of aryl methyl sites for hydroxylation is 2. The highest BCUT2D eigenvalue weighted by atomic mass is 16.5. The third kappa shape index (κ3) is 3.08. The molecule has 7 nitrogen and oxygen atoms in total. The van der Waals surface area contributed by atoms with E-state index < -0.39 is 0 Å². The van der Waals surface area contributed by atoms with Gasteiger partial charge in [0.2, 0.25) is 0 Å². The summed E-state index contributed by atoms with van der Waals surface area (Å²) in [7, 11) is 1.91. The van der Waals surface area contributed by atoms with Crippen LogP contribution in [-0.4, -0.2) is 30.7 Å². The van der Waals surface area contributed by atoms with Gasteiger partial charge in [0.05, 0.1) is 5.56 Å². The molecular formula is C16H19N5O2. The number of carbonyl (C=O) groups excluding carboxylic acids is 1. The van der Waals surface area contributed by atoms with E-state index in [1.165, 1.54) is 0 Å². The monoisotopic (exact) mass is 313 g/mol. The van der Waals surface area contributed by atoms with Crippen LogP contribution in [0.3, 0.4) is 0 Å². The van der Waals surface area contributed by atoms with Crippen molar-refractivity contribution in [3.05, 3.63) is 41.9 Å². The number of fused-ring (bicyclic) bond motifs is 1. The van der Waals surface area contributed by atoms with Crippen LogP contribution in [0.5, 0.6) is 0 Å². The molecule has 1 aromatic carbocycles. The summed E-state index contributed by atoms with van der Waals surface area (Å²) < 4.78 is 8.99. The molecule has 0 fully saturated rings. The van der Waals surface area contributed by atoms with Gasteiger partial charge in [0.15, 0.2) is 12.4 Å². The minimum absolute atomic E-state index is 0.0682. The van der Waals surface area contributed by atoms with Gasteiger partial charge in [-0.25, -0.2) is 9.48 Å². The zero-order valence-corrected chi connectivity index (χ0v) is 13.3. The Labute approximate surface area is 133 Å². The van der Waals surface area contributed by atoms with Gasteiger partial charge in [-0.05, 0) is 22.9 Å². The van der Waals surface area contributed by atoms with Crippen molar-refractivity contribution in [2.45, 2.75) is 32.9 Å². The molecule has 2 heterocycles. The van der Waals surface area contributed by atoms with Gasteiger partial charge in [-0.15, -0.1) is 5.10 Å². The summed E-state index contributed by atoms with van der Waals surface area (Å²) in [5.74, 6) is 0.193. The molecule has 0 radical (unpaired) electrons. The van der Waals surface area contributed by atoms with Crippen molar-refractivity contribution in [3.8, 4) is 0 Å². The highest BCUT2D eigenvalue weighted by Gasteiger charge is 2.16. The first-order valence-corrected chi connectivity index (χ1v) is 7.67. The molecule has 0 amide bonds. The number of hydrogen-bond donors (Lipinski definition) is 0. The Balaban J connectivity index is 1.73. The zero-order valence-electron chi connectivity index (χ0n) is 13.3. The summed E-state index contributed by atoms with van der Waals surface area (Å²) >= 11 is 0. The van der Waals surface area contributed by atoms with Crippen LogP contribution in [0.25, 0.3) is 10.9 Å². The van der Waals surface area contributed by atoms with Gasteiger partial charge in [-0.3, -0.25) is 0 Å². The van der Waals surface area contributed by atoms with Gasteiger partial charge >= 0.3 is 5.97 Å². The van der Waals surface area contributed by atoms with E-state index in [-0.39, 0.29) is 12.6 Å². The van der Waals surface area contributed by atoms with Gasteiger partial charge in [0, 0.05) is 30.7 Å². The second-order valence-corrected chi connectivity index (χ2v) is 5.42. The number of esters is 1. The molecule has 0 unspecified atom stereocenters. The maximum Gasteiger partial charge on any atom is 0.340 e. The third-order valence-corrected chi connectivity index (χ3v) is 3.78. The van der Waals surface area contributed by atoms with Gasteiger partial charge in [-0.1, -0.05) is 31.5 Å². The first-order chi connectivity index (χ1) is 11.2. The molecule has 0 bridgehead atoms. The number of para-hydroxylation sites is 1. The van der Waals surface area contributed by atoms with Crippen LogP contribution < -0.4 is 0 Å². The lowest BCUT2D eigenvalue weighted by Crippen LogP contribution is -2.11. The number of tetrazole rings is 1. The van der Waals surface area contributed by atoms with E-state index >= 15 is 0 Å². The highest BCUT2D eigenvalue weighted by Crippen LogP contribution is 2.21. The second-order valence-electron chi connectivity index (χ2n) is 5.42. The lowest BCUT2D eigenvalue weighted by Gasteiger charge is -2.05. The molecule has 0 saturated carbocycles. The molecule has 7 heteroatoms. The van der Waals surface area contributed by atoms with E-state index in [4.69, 9.17) is 4.74 Å². The topological polar surface area (TPSA) is 74.8 Å². The Kier molecular flexibility index (Phi) is 4.36. The number of hydrogen-bond acceptors (Lipinski definition) is 5. The molecule has 0 saturated heterocycles. The lowest BCUT2D eigenvalue weighted by molar-refractivity contribution is 0.0458. The SMILES string of the molecule is CCCCn1nnnc1COC(=O)c1cn(C)c2ccccc12. The van der Waals surface area contributed by atoms with Crippen LogP contribution in [-0.2, 0) is 24.9 Å². The van der Waals surface area contributed by atoms with Crippen LogP contribution in [0.1, 0.15) is 35.9 Å². The molecule has 0 atom stereocenters. The summed E-state index contributed by atoms with van der Waals surface area (Å²) in [6.45, 7) is 2.90. The molecule has 3 aromatic rings. The van der Waals surface area contributed by atoms with Crippen LogP contribution in [0.2, 0.25) is 0 Å². The van der Waals surface area contributed by atoms with E-state index in [0.29, 0.717) is 11.4 Å². The molecular weight excluding hydrogens is 294 g/mol. The van der Waals surface area contributed by atoms with E-state index in [1.807, 2.05) is 35.9 Å². The molecule has 0 spiro atoms. The number of aromatic nitrogens is 5. The average Bonchev–Trinajstić information content (AvgIpc) is 3.15. The summed E-state index contributed by atoms with van der Waals surface area (Å²) in [5, 5.41) is 12.4. The van der Waals surface area contributed by atoms with Crippen molar-refractivity contribution >= 4 is 16.9 Å². The Morgan fingerprint density at radius 2 is 2.13 bits per heavy atom. The van der Waals surface area contributed by atoms with Crippen molar-refractivity contribution in [1.29, 1.82) is 0 Å². The van der Waals surface area contributed by atoms with Crippen LogP contribution in [0, 0.1) is 0 Å². The fourth-order valence-corrected chi connectivity index (χ4v) is 2.52. The van der Waals surface area contributed by atoms with Gasteiger partial charge < -0.3 is 9.30 Å². The van der Waals surface area contributed by atoms with Crippen molar-refractivity contribution in [2.75, 3.05) is 0 Å². The van der Waals surface area contributed by atoms with Crippen LogP contribution in [0.4, 0.5) is 0 Å². The maximum absolute atomic E-state index is 12.4. The molecule has 0 aliphatic rings. The summed E-state index contributed by atoms with van der Waals surface area (Å²) in [4.78, 5) is 12.4. The van der Waals surface area contributed by atoms with Gasteiger partial charge in [0.25, 0.3) is 0 Å². The molecule has 23 heavy (non-hydrogen) atoms. The minimum Gasteiger partial charge on any atom is -0.454 e. The van der Waals surface area contributed by atoms with Crippen LogP contribution >= 0.6 is 0 Å². The number of carbonyl (C=O) groups is 1. The number of nitrogens with zero attached hydrogens (tertiary/aromatic N) is 5. The standard InChI is InChI=1S/C16H19N5O2/c1-3-4-9-21-15(17-18-19-21)11-23-16(22)13-10-20(2)14-8-6-5-7-12(13)14/h5-8,10H,3-4,9,11H2,1-2H3. The fourth-order valence-electron chi connectivity index (χ4n) is 2.52. The summed E-state index contributed by atoms with van der Waals surface area (Å²) in [5.41, 5.74) is 1.54. The fraction of sp³-hybridized carbons (Fsp3) is 0.375. The van der Waals surface area contributed by atoms with Crippen molar-refractivity contribution < 1.29 is 9.53 Å². The van der Waals surface area contributed by atoms with Crippen molar-refractivity contribution in [1.82, 2.24) is 24.8 Å². The van der Waals surface area contributed by atoms with Gasteiger partial charge in [0.1, 0.15) is 0 Å². The first-order valence-electron chi connectivity index (χ1n) is 7.67. The van der Waals surface area contributed by atoms with E-state index in [0.717, 1.165) is 30.3 Å². The number of rotatable bonds is 6. The third-order valence-electron chi connectivity index (χ3n) is 3.78. The maximum atomic E-state index is 12.4. The number of unbranched alkanes of at least 4 members (excludes halogenated alkanes) is 1. The minimum atomic E-state index is -0.369. The van der Waals surface area contributed by atoms with Crippen molar-refractivity contribution in [3.63, 3.8) is 0 Å². The van der Waals surface area contributed by atoms with Crippen molar-refractivity contribution in [2.24, 2.45) is 7.05 Å². The quantitative estimate of drug-likeness (QED) is 0.653. The smallest absolute Gasteiger partial charge is 0.340 e. The Morgan fingerprint density at radius 1 is 1.30 bits per heavy atom. The Hall–Kier alpha value is -2.70. The highest BCUT2D eigenvalue weighted by molar-refractivity contribution is 6.04. The molecule has 3 rings (SSSR count). The molecule has 2 aromatic heterocycles.